The summed E-state index contributed by atoms with van der Waals surface area (Å²) in [5.41, 5.74) is 15.5. The summed E-state index contributed by atoms with van der Waals surface area (Å²) in [6, 6.07) is -0.924. The van der Waals surface area contributed by atoms with Crippen molar-refractivity contribution in [3.8, 4) is 0 Å². The van der Waals surface area contributed by atoms with Crippen molar-refractivity contribution in [1.29, 1.82) is 0 Å². The Labute approximate surface area is 56.8 Å². The average molecular weight is 141 g/mol. The van der Waals surface area contributed by atoms with Crippen LogP contribution in [0.5, 0.6) is 0 Å². The number of hydrogen-bond acceptors (Lipinski definition) is 5. The van der Waals surface area contributed by atoms with Crippen molar-refractivity contribution in [3.05, 3.63) is 0 Å². The monoisotopic (exact) mass is 141 g/mol. The molecule has 6 N–H and O–H groups in total. The van der Waals surface area contributed by atoms with Crippen molar-refractivity contribution in [2.75, 3.05) is 0 Å². The highest BCUT2D eigenvalue weighted by molar-refractivity contribution is 6.16. The Bertz CT molecular complexity index is 230. The molecule has 0 aromatic carbocycles. The lowest BCUT2D eigenvalue weighted by Gasteiger charge is -2.10. The van der Waals surface area contributed by atoms with Crippen LogP contribution in [0.25, 0.3) is 0 Å². The standard InChI is InChI=1S/C4H7N5O/c5-1-2(6)8-4(7)9-3(1)10/h1H,5H2,(H4,6,7,8,9,10). The number of nitrogens with two attached hydrogens (primary N) is 3. The summed E-state index contributed by atoms with van der Waals surface area (Å²) in [7, 11) is 0. The summed E-state index contributed by atoms with van der Waals surface area (Å²) in [4.78, 5) is 17.4. The number of nitrogens with zero attached hydrogens (tertiary/aromatic N) is 2. The van der Waals surface area contributed by atoms with E-state index in [1.807, 2.05) is 0 Å². The van der Waals surface area contributed by atoms with Gasteiger partial charge in [-0.15, -0.1) is 0 Å². The minimum atomic E-state index is -0.924. The minimum absolute atomic E-state index is 0.0116. The molecule has 0 radical (unpaired) electrons. The highest BCUT2D eigenvalue weighted by Gasteiger charge is 2.21. The van der Waals surface area contributed by atoms with Gasteiger partial charge in [-0.1, -0.05) is 0 Å². The maximum atomic E-state index is 10.7. The van der Waals surface area contributed by atoms with E-state index in [1.165, 1.54) is 0 Å². The first-order chi connectivity index (χ1) is 4.61. The summed E-state index contributed by atoms with van der Waals surface area (Å²) < 4.78 is 0. The molecule has 0 aliphatic carbocycles. The van der Waals surface area contributed by atoms with Crippen LogP contribution in [0.3, 0.4) is 0 Å². The number of amidine groups is 1. The Balaban J connectivity index is 2.95. The van der Waals surface area contributed by atoms with E-state index in [0.717, 1.165) is 0 Å². The molecule has 6 heteroatoms. The van der Waals surface area contributed by atoms with Crippen LogP contribution >= 0.6 is 0 Å². The smallest absolute Gasteiger partial charge is 0.273 e. The molecule has 0 saturated heterocycles. The molecule has 1 rings (SSSR count). The Kier molecular flexibility index (Phi) is 1.38. The summed E-state index contributed by atoms with van der Waals surface area (Å²) in [5.74, 6) is -0.674. The molecule has 0 saturated carbocycles. The fraction of sp³-hybridized carbons (Fsp3) is 0.250. The van der Waals surface area contributed by atoms with E-state index in [9.17, 15) is 4.79 Å². The maximum Gasteiger partial charge on any atom is 0.273 e. The molecule has 0 fully saturated rings. The molecule has 1 aliphatic heterocycles. The second-order valence-electron chi connectivity index (χ2n) is 1.82. The van der Waals surface area contributed by atoms with Crippen LogP contribution in [-0.2, 0) is 4.79 Å². The molecular formula is C4H7N5O. The fourth-order valence-electron chi connectivity index (χ4n) is 0.536. The van der Waals surface area contributed by atoms with Gasteiger partial charge in [-0.3, -0.25) is 4.79 Å². The van der Waals surface area contributed by atoms with Crippen LogP contribution in [0.15, 0.2) is 9.98 Å². The third-order valence-electron chi connectivity index (χ3n) is 1.05. The zero-order valence-electron chi connectivity index (χ0n) is 5.11. The largest absolute Gasteiger partial charge is 0.385 e. The molecule has 1 heterocycles. The normalized spacial score (nSPS) is 25.7. The Morgan fingerprint density at radius 3 is 2.40 bits per heavy atom. The second kappa shape index (κ2) is 2.07. The molecule has 54 valence electrons. The first-order valence-electron chi connectivity index (χ1n) is 2.59. The van der Waals surface area contributed by atoms with Gasteiger partial charge in [0.25, 0.3) is 5.91 Å². The molecule has 1 atom stereocenters. The van der Waals surface area contributed by atoms with Crippen molar-refractivity contribution < 1.29 is 4.79 Å². The third-order valence-corrected chi connectivity index (χ3v) is 1.05. The Morgan fingerprint density at radius 1 is 1.30 bits per heavy atom. The summed E-state index contributed by atoms with van der Waals surface area (Å²) in [6.45, 7) is 0. The number of carbonyl (C=O) groups is 1. The van der Waals surface area contributed by atoms with Gasteiger partial charge in [0.15, 0.2) is 0 Å². The number of aliphatic imine (C=N–C) groups is 2. The van der Waals surface area contributed by atoms with Crippen LogP contribution in [0.1, 0.15) is 0 Å². The van der Waals surface area contributed by atoms with E-state index in [0.29, 0.717) is 0 Å². The van der Waals surface area contributed by atoms with Crippen molar-refractivity contribution in [2.45, 2.75) is 6.04 Å². The van der Waals surface area contributed by atoms with Gasteiger partial charge in [0.1, 0.15) is 11.9 Å². The molecule has 1 unspecified atom stereocenters. The number of amides is 1. The zero-order valence-corrected chi connectivity index (χ0v) is 5.11. The van der Waals surface area contributed by atoms with Gasteiger partial charge in [-0.25, -0.2) is 0 Å². The molecule has 0 spiro atoms. The Morgan fingerprint density at radius 2 is 1.90 bits per heavy atom. The van der Waals surface area contributed by atoms with Crippen LogP contribution in [0.4, 0.5) is 0 Å². The predicted molar refractivity (Wildman–Crippen MR) is 36.2 cm³/mol. The molecule has 1 amide bonds. The van der Waals surface area contributed by atoms with Crippen molar-refractivity contribution in [1.82, 2.24) is 0 Å². The van der Waals surface area contributed by atoms with E-state index >= 15 is 0 Å². The SMILES string of the molecule is NC1=NC(=O)C(N)C(N)=N1. The lowest BCUT2D eigenvalue weighted by atomic mass is 10.2. The number of hydrogen-bond donors (Lipinski definition) is 3. The molecular weight excluding hydrogens is 134 g/mol. The summed E-state index contributed by atoms with van der Waals surface area (Å²) in [6.07, 6.45) is 0. The molecule has 0 aromatic rings. The van der Waals surface area contributed by atoms with Crippen molar-refractivity contribution >= 4 is 17.7 Å². The zero-order chi connectivity index (χ0) is 7.72. The van der Waals surface area contributed by atoms with Crippen LogP contribution in [-0.4, -0.2) is 23.7 Å². The topological polar surface area (TPSA) is 120 Å². The highest BCUT2D eigenvalue weighted by Crippen LogP contribution is 1.92. The van der Waals surface area contributed by atoms with E-state index in [1.54, 1.807) is 0 Å². The first kappa shape index (κ1) is 6.69. The van der Waals surface area contributed by atoms with Gasteiger partial charge in [0.05, 0.1) is 0 Å². The van der Waals surface area contributed by atoms with E-state index in [2.05, 4.69) is 9.98 Å². The van der Waals surface area contributed by atoms with Gasteiger partial charge in [0, 0.05) is 0 Å². The molecule has 0 bridgehead atoms. The third kappa shape index (κ3) is 0.960. The highest BCUT2D eigenvalue weighted by atomic mass is 16.1. The maximum absolute atomic E-state index is 10.7. The van der Waals surface area contributed by atoms with Gasteiger partial charge in [0.2, 0.25) is 5.96 Å². The molecule has 10 heavy (non-hydrogen) atoms. The fourth-order valence-corrected chi connectivity index (χ4v) is 0.536. The Hall–Kier alpha value is -1.43. The number of carbonyl (C=O) groups excluding carboxylic acids is 1. The van der Waals surface area contributed by atoms with Crippen molar-refractivity contribution in [2.24, 2.45) is 27.2 Å². The summed E-state index contributed by atoms with van der Waals surface area (Å²) >= 11 is 0. The van der Waals surface area contributed by atoms with Gasteiger partial charge in [-0.2, -0.15) is 9.98 Å². The van der Waals surface area contributed by atoms with Crippen LogP contribution in [0.2, 0.25) is 0 Å². The second-order valence-corrected chi connectivity index (χ2v) is 1.82. The molecule has 1 aliphatic rings. The van der Waals surface area contributed by atoms with E-state index in [-0.39, 0.29) is 11.8 Å². The quantitative estimate of drug-likeness (QED) is 0.346. The van der Waals surface area contributed by atoms with Gasteiger partial charge < -0.3 is 17.2 Å². The predicted octanol–water partition coefficient (Wildman–Crippen LogP) is -2.47. The van der Waals surface area contributed by atoms with E-state index < -0.39 is 11.9 Å². The number of rotatable bonds is 0. The molecule has 6 nitrogen and oxygen atoms in total. The van der Waals surface area contributed by atoms with Crippen molar-refractivity contribution in [3.63, 3.8) is 0 Å². The lowest BCUT2D eigenvalue weighted by molar-refractivity contribution is -0.117. The summed E-state index contributed by atoms with van der Waals surface area (Å²) in [5, 5.41) is 0. The first-order valence-corrected chi connectivity index (χ1v) is 2.59. The molecule has 0 aromatic heterocycles. The van der Waals surface area contributed by atoms with Gasteiger partial charge >= 0.3 is 0 Å². The number of guanidine groups is 1. The average Bonchev–Trinajstić information content (AvgIpc) is 1.82. The van der Waals surface area contributed by atoms with Crippen LogP contribution in [0, 0.1) is 0 Å². The van der Waals surface area contributed by atoms with E-state index in [4.69, 9.17) is 17.2 Å². The minimum Gasteiger partial charge on any atom is -0.385 e. The van der Waals surface area contributed by atoms with Gasteiger partial charge in [-0.05, 0) is 0 Å². The van der Waals surface area contributed by atoms with Crippen LogP contribution < -0.4 is 17.2 Å². The lowest BCUT2D eigenvalue weighted by Crippen LogP contribution is -2.46.